The van der Waals surface area contributed by atoms with Gasteiger partial charge < -0.3 is 14.8 Å². The van der Waals surface area contributed by atoms with Gasteiger partial charge in [0.1, 0.15) is 5.69 Å². The van der Waals surface area contributed by atoms with Crippen molar-refractivity contribution >= 4 is 11.8 Å². The van der Waals surface area contributed by atoms with E-state index in [9.17, 15) is 9.59 Å². The van der Waals surface area contributed by atoms with Crippen LogP contribution in [0.1, 0.15) is 29.8 Å². The second-order valence-corrected chi connectivity index (χ2v) is 5.40. The summed E-state index contributed by atoms with van der Waals surface area (Å²) >= 11 is 0. The van der Waals surface area contributed by atoms with Crippen molar-refractivity contribution in [1.82, 2.24) is 19.8 Å². The van der Waals surface area contributed by atoms with Gasteiger partial charge in [-0.3, -0.25) is 9.59 Å². The van der Waals surface area contributed by atoms with Crippen molar-refractivity contribution in [1.29, 1.82) is 0 Å². The molecular formula is C13H18N4O2. The van der Waals surface area contributed by atoms with Crippen LogP contribution >= 0.6 is 0 Å². The molecule has 0 bridgehead atoms. The van der Waals surface area contributed by atoms with Gasteiger partial charge in [0.05, 0.1) is 12.5 Å². The zero-order chi connectivity index (χ0) is 13.4. The van der Waals surface area contributed by atoms with Crippen molar-refractivity contribution in [2.24, 2.45) is 13.0 Å². The van der Waals surface area contributed by atoms with Crippen LogP contribution in [0, 0.1) is 5.92 Å². The number of aromatic nitrogens is 2. The fraction of sp³-hybridized carbons (Fsp3) is 0.615. The van der Waals surface area contributed by atoms with E-state index in [2.05, 4.69) is 10.3 Å². The molecule has 2 saturated heterocycles. The Hall–Kier alpha value is -1.85. The second kappa shape index (κ2) is 4.68. The highest BCUT2D eigenvalue weighted by molar-refractivity contribution is 5.92. The van der Waals surface area contributed by atoms with E-state index < -0.39 is 0 Å². The molecular weight excluding hydrogens is 244 g/mol. The number of amides is 2. The summed E-state index contributed by atoms with van der Waals surface area (Å²) in [6.45, 7) is 1.43. The smallest absolute Gasteiger partial charge is 0.272 e. The minimum atomic E-state index is 0.0374. The molecule has 2 unspecified atom stereocenters. The number of fused-ring (bicyclic) bond motifs is 1. The first-order chi connectivity index (χ1) is 9.15. The maximum atomic E-state index is 12.4. The number of likely N-dealkylation sites (tertiary alicyclic amines) is 1. The molecule has 2 aliphatic heterocycles. The maximum Gasteiger partial charge on any atom is 0.272 e. The Morgan fingerprint density at radius 1 is 1.47 bits per heavy atom. The topological polar surface area (TPSA) is 67.2 Å². The van der Waals surface area contributed by atoms with Crippen molar-refractivity contribution < 1.29 is 9.59 Å². The highest BCUT2D eigenvalue weighted by Gasteiger charge is 2.35. The van der Waals surface area contributed by atoms with Gasteiger partial charge in [0, 0.05) is 32.6 Å². The summed E-state index contributed by atoms with van der Waals surface area (Å²) in [5.74, 6) is 0.576. The lowest BCUT2D eigenvalue weighted by Crippen LogP contribution is -2.55. The van der Waals surface area contributed by atoms with Crippen molar-refractivity contribution in [3.05, 3.63) is 18.2 Å². The molecule has 3 heterocycles. The molecule has 2 amide bonds. The molecule has 1 N–H and O–H groups in total. The number of aryl methyl sites for hydroxylation is 1. The molecule has 2 atom stereocenters. The van der Waals surface area contributed by atoms with Crippen LogP contribution in [0.3, 0.4) is 0 Å². The second-order valence-electron chi connectivity index (χ2n) is 5.40. The van der Waals surface area contributed by atoms with E-state index in [1.807, 2.05) is 11.9 Å². The average molecular weight is 262 g/mol. The van der Waals surface area contributed by atoms with Gasteiger partial charge in [-0.2, -0.15) is 0 Å². The molecule has 0 spiro atoms. The van der Waals surface area contributed by atoms with E-state index in [4.69, 9.17) is 0 Å². The molecule has 0 aromatic carbocycles. The zero-order valence-electron chi connectivity index (χ0n) is 11.0. The first-order valence-corrected chi connectivity index (χ1v) is 6.70. The number of carbonyl (C=O) groups excluding carboxylic acids is 2. The molecule has 0 radical (unpaired) electrons. The minimum Gasteiger partial charge on any atom is -0.353 e. The number of nitrogens with one attached hydrogen (secondary N) is 1. The summed E-state index contributed by atoms with van der Waals surface area (Å²) in [4.78, 5) is 29.6. The van der Waals surface area contributed by atoms with Crippen LogP contribution in [0.15, 0.2) is 12.5 Å². The van der Waals surface area contributed by atoms with Gasteiger partial charge in [-0.1, -0.05) is 0 Å². The first kappa shape index (κ1) is 12.2. The Balaban J connectivity index is 1.70. The van der Waals surface area contributed by atoms with Gasteiger partial charge in [-0.15, -0.1) is 0 Å². The predicted octanol–water partition coefficient (Wildman–Crippen LogP) is 0.161. The summed E-state index contributed by atoms with van der Waals surface area (Å²) in [5.41, 5.74) is 0.623. The maximum absolute atomic E-state index is 12.4. The molecule has 0 aliphatic carbocycles. The molecule has 19 heavy (non-hydrogen) atoms. The number of hydrogen-bond donors (Lipinski definition) is 1. The molecule has 6 heteroatoms. The highest BCUT2D eigenvalue weighted by Crippen LogP contribution is 2.26. The van der Waals surface area contributed by atoms with E-state index in [0.717, 1.165) is 19.4 Å². The lowest BCUT2D eigenvalue weighted by atomic mass is 9.85. The van der Waals surface area contributed by atoms with Crippen molar-refractivity contribution in [3.63, 3.8) is 0 Å². The Bertz CT molecular complexity index is 510. The highest BCUT2D eigenvalue weighted by atomic mass is 16.2. The van der Waals surface area contributed by atoms with E-state index in [0.29, 0.717) is 24.6 Å². The van der Waals surface area contributed by atoms with Crippen molar-refractivity contribution in [2.75, 3.05) is 13.1 Å². The molecule has 2 fully saturated rings. The van der Waals surface area contributed by atoms with E-state index >= 15 is 0 Å². The number of piperidine rings is 2. The lowest BCUT2D eigenvalue weighted by Gasteiger charge is -2.41. The summed E-state index contributed by atoms with van der Waals surface area (Å²) < 4.78 is 1.75. The van der Waals surface area contributed by atoms with Crippen LogP contribution in [0.25, 0.3) is 0 Å². The molecule has 0 saturated carbocycles. The lowest BCUT2D eigenvalue weighted by molar-refractivity contribution is -0.125. The third-order valence-electron chi connectivity index (χ3n) is 4.15. The van der Waals surface area contributed by atoms with E-state index in [-0.39, 0.29) is 17.9 Å². The van der Waals surface area contributed by atoms with Crippen LogP contribution in [-0.2, 0) is 11.8 Å². The average Bonchev–Trinajstić information content (AvgIpc) is 2.83. The van der Waals surface area contributed by atoms with Crippen LogP contribution in [-0.4, -0.2) is 45.4 Å². The summed E-state index contributed by atoms with van der Waals surface area (Å²) in [5, 5.41) is 3.03. The molecule has 1 aromatic heterocycles. The van der Waals surface area contributed by atoms with Crippen molar-refractivity contribution in [3.8, 4) is 0 Å². The van der Waals surface area contributed by atoms with Crippen LogP contribution in [0.2, 0.25) is 0 Å². The number of imidazole rings is 1. The molecule has 3 rings (SSSR count). The summed E-state index contributed by atoms with van der Waals surface area (Å²) in [6, 6.07) is 0.247. The third-order valence-corrected chi connectivity index (χ3v) is 4.15. The summed E-state index contributed by atoms with van der Waals surface area (Å²) in [6.07, 6.45) is 5.55. The minimum absolute atomic E-state index is 0.0374. The van der Waals surface area contributed by atoms with Crippen LogP contribution in [0.4, 0.5) is 0 Å². The molecule has 102 valence electrons. The fourth-order valence-corrected chi connectivity index (χ4v) is 3.02. The Kier molecular flexibility index (Phi) is 3.00. The number of carbonyl (C=O) groups is 2. The van der Waals surface area contributed by atoms with Crippen LogP contribution in [0.5, 0.6) is 0 Å². The predicted molar refractivity (Wildman–Crippen MR) is 68.4 cm³/mol. The van der Waals surface area contributed by atoms with Crippen LogP contribution < -0.4 is 5.32 Å². The normalized spacial score (nSPS) is 26.8. The van der Waals surface area contributed by atoms with Gasteiger partial charge in [0.15, 0.2) is 0 Å². The molecule has 1 aromatic rings. The number of rotatable bonds is 1. The van der Waals surface area contributed by atoms with Gasteiger partial charge >= 0.3 is 0 Å². The van der Waals surface area contributed by atoms with Gasteiger partial charge in [-0.05, 0) is 18.8 Å². The Morgan fingerprint density at radius 2 is 2.32 bits per heavy atom. The monoisotopic (exact) mass is 262 g/mol. The van der Waals surface area contributed by atoms with Gasteiger partial charge in [-0.25, -0.2) is 4.98 Å². The van der Waals surface area contributed by atoms with Gasteiger partial charge in [0.25, 0.3) is 5.91 Å². The van der Waals surface area contributed by atoms with E-state index in [1.54, 1.807) is 17.1 Å². The fourth-order valence-electron chi connectivity index (χ4n) is 3.02. The number of nitrogens with zero attached hydrogens (tertiary/aromatic N) is 3. The Labute approximate surface area is 111 Å². The summed E-state index contributed by atoms with van der Waals surface area (Å²) in [7, 11) is 1.83. The Morgan fingerprint density at radius 3 is 3.05 bits per heavy atom. The largest absolute Gasteiger partial charge is 0.353 e. The number of hydrogen-bond acceptors (Lipinski definition) is 3. The quantitative estimate of drug-likeness (QED) is 0.784. The van der Waals surface area contributed by atoms with Crippen molar-refractivity contribution in [2.45, 2.75) is 25.3 Å². The standard InChI is InChI=1S/C13H18N4O2/c1-16-8-14-6-11(16)13(19)17-5-4-10-9(7-17)2-3-12(18)15-10/h6,8-10H,2-5,7H2,1H3,(H,15,18). The molecule has 2 aliphatic rings. The third kappa shape index (κ3) is 2.22. The van der Waals surface area contributed by atoms with Gasteiger partial charge in [0.2, 0.25) is 5.91 Å². The first-order valence-electron chi connectivity index (χ1n) is 6.70. The molecule has 6 nitrogen and oxygen atoms in total. The van der Waals surface area contributed by atoms with E-state index in [1.165, 1.54) is 0 Å². The SMILES string of the molecule is Cn1cncc1C(=O)N1CCC2NC(=O)CCC2C1. The zero-order valence-corrected chi connectivity index (χ0v) is 11.0.